The highest BCUT2D eigenvalue weighted by Gasteiger charge is 2.44. The Bertz CT molecular complexity index is 983. The first-order valence-corrected chi connectivity index (χ1v) is 12.0. The summed E-state index contributed by atoms with van der Waals surface area (Å²) in [7, 11) is 0. The Hall–Kier alpha value is -2.09. The molecule has 6 N–H and O–H groups in total. The molecule has 2 aromatic rings. The molecule has 0 spiro atoms. The van der Waals surface area contributed by atoms with Crippen molar-refractivity contribution >= 4 is 45.5 Å². The summed E-state index contributed by atoms with van der Waals surface area (Å²) in [4.78, 5) is 25.8. The molecule has 0 saturated carbocycles. The molecule has 180 valence electrons. The van der Waals surface area contributed by atoms with Crippen molar-refractivity contribution in [1.82, 2.24) is 24.4 Å². The topological polar surface area (TPSA) is 172 Å². The fourth-order valence-electron chi connectivity index (χ4n) is 3.64. The molecule has 1 fully saturated rings. The third-order valence-corrected chi connectivity index (χ3v) is 5.93. The number of hydrogen-bond acceptors (Lipinski definition) is 10. The molecule has 0 aromatic carbocycles. The zero-order chi connectivity index (χ0) is 24.0. The third-order valence-electron chi connectivity index (χ3n) is 5.44. The van der Waals surface area contributed by atoms with Gasteiger partial charge in [-0.25, -0.2) is 15.0 Å². The van der Waals surface area contributed by atoms with Gasteiger partial charge in [-0.2, -0.15) is 0 Å². The zero-order valence-electron chi connectivity index (χ0n) is 17.9. The van der Waals surface area contributed by atoms with Gasteiger partial charge in [0.1, 0.15) is 30.7 Å². The monoisotopic (exact) mass is 573 g/mol. The van der Waals surface area contributed by atoms with E-state index in [2.05, 4.69) is 48.8 Å². The van der Waals surface area contributed by atoms with Crippen molar-refractivity contribution in [2.45, 2.75) is 43.4 Å². The first kappa shape index (κ1) is 25.5. The molecule has 12 nitrogen and oxygen atoms in total. The Balaban J connectivity index is 1.73. The van der Waals surface area contributed by atoms with Crippen molar-refractivity contribution in [3.05, 3.63) is 12.7 Å². The number of aromatic nitrogens is 4. The molecule has 1 aliphatic rings. The van der Waals surface area contributed by atoms with E-state index in [9.17, 15) is 15.0 Å². The Morgan fingerprint density at radius 3 is 2.85 bits per heavy atom. The number of aliphatic hydroxyl groups excluding tert-OH is 2. The summed E-state index contributed by atoms with van der Waals surface area (Å²) in [5.41, 5.74) is 6.57. The molecule has 3 rings (SSSR count). The second-order valence-corrected chi connectivity index (χ2v) is 8.78. The quantitative estimate of drug-likeness (QED) is 0.0952. The van der Waals surface area contributed by atoms with Crippen molar-refractivity contribution in [3.8, 4) is 12.3 Å². The number of hydrogen-bond donors (Lipinski definition) is 5. The summed E-state index contributed by atoms with van der Waals surface area (Å²) >= 11 is 2.22. The molecule has 3 heterocycles. The lowest BCUT2D eigenvalue weighted by Gasteiger charge is -2.26. The maximum absolute atomic E-state index is 11.0. The molecule has 0 amide bonds. The molecule has 0 aliphatic carbocycles. The van der Waals surface area contributed by atoms with Crippen molar-refractivity contribution in [1.29, 1.82) is 0 Å². The van der Waals surface area contributed by atoms with Crippen LogP contribution in [0.5, 0.6) is 0 Å². The number of imidazole rings is 1. The normalized spacial score (nSPS) is 23.6. The summed E-state index contributed by atoms with van der Waals surface area (Å²) in [5, 5.41) is 33.5. The Kier molecular flexibility index (Phi) is 9.18. The molecule has 1 saturated heterocycles. The maximum Gasteiger partial charge on any atom is 0.320 e. The number of carbonyl (C=O) groups is 1. The van der Waals surface area contributed by atoms with Gasteiger partial charge in [-0.3, -0.25) is 14.3 Å². The van der Waals surface area contributed by atoms with Gasteiger partial charge in [0.05, 0.1) is 6.33 Å². The van der Waals surface area contributed by atoms with E-state index in [0.29, 0.717) is 49.6 Å². The molecule has 0 bridgehead atoms. The molecular weight excluding hydrogens is 545 g/mol. The molecule has 2 aromatic heterocycles. The van der Waals surface area contributed by atoms with Gasteiger partial charge in [0.25, 0.3) is 0 Å². The van der Waals surface area contributed by atoms with Crippen LogP contribution in [0.4, 0.5) is 5.82 Å². The summed E-state index contributed by atoms with van der Waals surface area (Å²) in [5.74, 6) is 2.00. The van der Waals surface area contributed by atoms with E-state index in [0.717, 1.165) is 4.43 Å². The predicted octanol–water partition coefficient (Wildman–Crippen LogP) is -0.580. The Labute approximate surface area is 204 Å². The van der Waals surface area contributed by atoms with Gasteiger partial charge in [0, 0.05) is 37.0 Å². The number of anilines is 1. The van der Waals surface area contributed by atoms with E-state index in [-0.39, 0.29) is 6.42 Å². The van der Waals surface area contributed by atoms with Gasteiger partial charge < -0.3 is 31.1 Å². The lowest BCUT2D eigenvalue weighted by Crippen LogP contribution is -2.43. The highest BCUT2D eigenvalue weighted by Crippen LogP contribution is 2.32. The smallest absolute Gasteiger partial charge is 0.320 e. The van der Waals surface area contributed by atoms with Crippen LogP contribution in [0.1, 0.15) is 19.1 Å². The lowest BCUT2D eigenvalue weighted by atomic mass is 10.1. The zero-order valence-corrected chi connectivity index (χ0v) is 20.1. The summed E-state index contributed by atoms with van der Waals surface area (Å²) in [6, 6.07) is -0.963. The van der Waals surface area contributed by atoms with Crippen molar-refractivity contribution < 1.29 is 24.9 Å². The molecule has 0 radical (unpaired) electrons. The van der Waals surface area contributed by atoms with Crippen LogP contribution in [0, 0.1) is 12.3 Å². The number of carboxylic acid groups (broad SMARTS) is 1. The summed E-state index contributed by atoms with van der Waals surface area (Å²) in [6.07, 6.45) is 5.00. The van der Waals surface area contributed by atoms with Gasteiger partial charge in [0.2, 0.25) is 0 Å². The van der Waals surface area contributed by atoms with Crippen LogP contribution < -0.4 is 11.1 Å². The number of nitrogens with zero attached hydrogens (tertiary/aromatic N) is 5. The number of alkyl halides is 1. The van der Waals surface area contributed by atoms with E-state index in [1.807, 2.05) is 4.90 Å². The van der Waals surface area contributed by atoms with Crippen LogP contribution >= 0.6 is 22.6 Å². The number of aliphatic carboxylic acids is 1. The molecular formula is C20H28IN7O5. The average Bonchev–Trinajstić information content (AvgIpc) is 3.34. The molecule has 33 heavy (non-hydrogen) atoms. The number of rotatable bonds is 12. The number of nitrogens with two attached hydrogens (primary N) is 1. The van der Waals surface area contributed by atoms with Crippen molar-refractivity contribution in [2.75, 3.05) is 35.9 Å². The van der Waals surface area contributed by atoms with Crippen molar-refractivity contribution in [2.24, 2.45) is 5.73 Å². The number of fused-ring (bicyclic) bond motifs is 1. The highest BCUT2D eigenvalue weighted by molar-refractivity contribution is 14.1. The minimum atomic E-state index is -1.21. The average molecular weight is 573 g/mol. The van der Waals surface area contributed by atoms with E-state index in [1.165, 1.54) is 12.7 Å². The first-order chi connectivity index (χ1) is 15.9. The summed E-state index contributed by atoms with van der Waals surface area (Å²) < 4.78 is 8.40. The lowest BCUT2D eigenvalue weighted by molar-refractivity contribution is -0.138. The number of terminal acetylenes is 1. The van der Waals surface area contributed by atoms with Crippen LogP contribution in [0.3, 0.4) is 0 Å². The third kappa shape index (κ3) is 6.08. The van der Waals surface area contributed by atoms with Gasteiger partial charge in [0.15, 0.2) is 23.2 Å². The van der Waals surface area contributed by atoms with E-state index < -0.39 is 36.6 Å². The minimum Gasteiger partial charge on any atom is -0.480 e. The Morgan fingerprint density at radius 2 is 2.15 bits per heavy atom. The van der Waals surface area contributed by atoms with Crippen LogP contribution in [-0.2, 0) is 9.53 Å². The minimum absolute atomic E-state index is 0.263. The SMILES string of the molecule is C#CCCNc1ncnc2c1ncn2[C@@H]1O[C@H](CN(CCI)CC[C@H](N)C(=O)O)[C@@H](O)[C@H]1O. The highest BCUT2D eigenvalue weighted by atomic mass is 127. The number of carboxylic acids is 1. The van der Waals surface area contributed by atoms with Crippen LogP contribution in [0.2, 0.25) is 0 Å². The second kappa shape index (κ2) is 11.9. The molecule has 13 heteroatoms. The van der Waals surface area contributed by atoms with Crippen LogP contribution in [-0.4, -0.2) is 101 Å². The second-order valence-electron chi connectivity index (χ2n) is 7.70. The maximum atomic E-state index is 11.0. The molecule has 1 aliphatic heterocycles. The summed E-state index contributed by atoms with van der Waals surface area (Å²) in [6.45, 7) is 1.92. The largest absolute Gasteiger partial charge is 0.480 e. The number of ether oxygens (including phenoxy) is 1. The molecule has 0 unspecified atom stereocenters. The van der Waals surface area contributed by atoms with Gasteiger partial charge in [-0.05, 0) is 6.42 Å². The Morgan fingerprint density at radius 1 is 1.36 bits per heavy atom. The van der Waals surface area contributed by atoms with Gasteiger partial charge in [-0.15, -0.1) is 12.3 Å². The molecule has 5 atom stereocenters. The fraction of sp³-hybridized carbons (Fsp3) is 0.600. The van der Waals surface area contributed by atoms with E-state index in [4.69, 9.17) is 22.0 Å². The number of nitrogens with one attached hydrogen (secondary N) is 1. The number of aliphatic hydroxyl groups is 2. The van der Waals surface area contributed by atoms with Crippen molar-refractivity contribution in [3.63, 3.8) is 0 Å². The van der Waals surface area contributed by atoms with Gasteiger partial charge >= 0.3 is 5.97 Å². The number of halogens is 1. The first-order valence-electron chi connectivity index (χ1n) is 10.5. The predicted molar refractivity (Wildman–Crippen MR) is 129 cm³/mol. The van der Waals surface area contributed by atoms with Gasteiger partial charge in [-0.1, -0.05) is 22.6 Å². The standard InChI is InChI=1S/C20H28IN7O5/c1-2-3-6-23-17-14-18(25-10-24-17)28(11-26-14)19-16(30)15(29)13(33-19)9-27(8-5-21)7-4-12(22)20(31)32/h1,10-13,15-16,19,29-30H,3-9,22H2,(H,31,32)(H,23,24,25)/t12-,13+,15+,16+,19+/m0/s1. The van der Waals surface area contributed by atoms with Crippen LogP contribution in [0.25, 0.3) is 11.2 Å². The van der Waals surface area contributed by atoms with E-state index in [1.54, 1.807) is 4.57 Å². The fourth-order valence-corrected chi connectivity index (χ4v) is 4.33. The van der Waals surface area contributed by atoms with E-state index >= 15 is 0 Å². The van der Waals surface area contributed by atoms with Crippen LogP contribution in [0.15, 0.2) is 12.7 Å².